The lowest BCUT2D eigenvalue weighted by Crippen LogP contribution is -2.43. The van der Waals surface area contributed by atoms with Crippen molar-refractivity contribution < 1.29 is 14.7 Å². The molecule has 2 atom stereocenters. The SMILES string of the molecule is O=C(N[C@H]1CCCCC[C@H]1C(=O)O)c1ccc(=O)n(Cc2ccccc2)n1. The van der Waals surface area contributed by atoms with E-state index in [2.05, 4.69) is 10.4 Å². The molecule has 1 amide bonds. The zero-order chi connectivity index (χ0) is 19.2. The number of benzene rings is 1. The highest BCUT2D eigenvalue weighted by molar-refractivity contribution is 5.92. The third-order valence-electron chi connectivity index (χ3n) is 4.92. The largest absolute Gasteiger partial charge is 0.481 e. The van der Waals surface area contributed by atoms with Crippen LogP contribution < -0.4 is 10.9 Å². The van der Waals surface area contributed by atoms with Crippen LogP contribution in [0.5, 0.6) is 0 Å². The van der Waals surface area contributed by atoms with Crippen LogP contribution in [0, 0.1) is 5.92 Å². The van der Waals surface area contributed by atoms with E-state index in [1.165, 1.54) is 16.8 Å². The third kappa shape index (κ3) is 4.81. The summed E-state index contributed by atoms with van der Waals surface area (Å²) in [6.45, 7) is 0.266. The molecule has 7 nitrogen and oxygen atoms in total. The van der Waals surface area contributed by atoms with Crippen LogP contribution in [0.2, 0.25) is 0 Å². The lowest BCUT2D eigenvalue weighted by Gasteiger charge is -2.22. The Morgan fingerprint density at radius 1 is 1.07 bits per heavy atom. The summed E-state index contributed by atoms with van der Waals surface area (Å²) in [7, 11) is 0. The molecule has 1 heterocycles. The summed E-state index contributed by atoms with van der Waals surface area (Å²) in [5.41, 5.74) is 0.714. The minimum atomic E-state index is -0.885. The molecule has 1 saturated carbocycles. The van der Waals surface area contributed by atoms with E-state index < -0.39 is 23.8 Å². The second kappa shape index (κ2) is 8.62. The van der Waals surface area contributed by atoms with Crippen LogP contribution in [0.25, 0.3) is 0 Å². The van der Waals surface area contributed by atoms with Crippen molar-refractivity contribution in [3.05, 3.63) is 64.1 Å². The molecular formula is C20H23N3O4. The van der Waals surface area contributed by atoms with Gasteiger partial charge in [0.05, 0.1) is 12.5 Å². The number of nitrogens with one attached hydrogen (secondary N) is 1. The molecule has 0 radical (unpaired) electrons. The number of aliphatic carboxylic acids is 1. The Kier molecular flexibility index (Phi) is 6.01. The summed E-state index contributed by atoms with van der Waals surface area (Å²) in [5.74, 6) is -1.93. The smallest absolute Gasteiger partial charge is 0.308 e. The van der Waals surface area contributed by atoms with Crippen molar-refractivity contribution in [2.45, 2.75) is 44.7 Å². The molecule has 1 aromatic heterocycles. The first-order valence-electron chi connectivity index (χ1n) is 9.20. The summed E-state index contributed by atoms with van der Waals surface area (Å²) in [6.07, 6.45) is 3.89. The zero-order valence-corrected chi connectivity index (χ0v) is 15.0. The van der Waals surface area contributed by atoms with E-state index in [1.807, 2.05) is 30.3 Å². The van der Waals surface area contributed by atoms with E-state index in [4.69, 9.17) is 0 Å². The molecule has 3 rings (SSSR count). The van der Waals surface area contributed by atoms with Gasteiger partial charge in [-0.15, -0.1) is 0 Å². The van der Waals surface area contributed by atoms with Crippen LogP contribution >= 0.6 is 0 Å². The zero-order valence-electron chi connectivity index (χ0n) is 15.0. The van der Waals surface area contributed by atoms with Gasteiger partial charge in [-0.3, -0.25) is 14.4 Å². The van der Waals surface area contributed by atoms with Crippen LogP contribution in [0.15, 0.2) is 47.3 Å². The molecule has 2 aromatic rings. The molecule has 142 valence electrons. The van der Waals surface area contributed by atoms with Gasteiger partial charge in [-0.25, -0.2) is 4.68 Å². The predicted octanol–water partition coefficient (Wildman–Crippen LogP) is 2.05. The Morgan fingerprint density at radius 3 is 2.56 bits per heavy atom. The highest BCUT2D eigenvalue weighted by Gasteiger charge is 2.31. The lowest BCUT2D eigenvalue weighted by atomic mass is 9.95. The maximum Gasteiger partial charge on any atom is 0.308 e. The van der Waals surface area contributed by atoms with Crippen LogP contribution in [0.3, 0.4) is 0 Å². The monoisotopic (exact) mass is 369 g/mol. The maximum atomic E-state index is 12.6. The van der Waals surface area contributed by atoms with Gasteiger partial charge in [0.15, 0.2) is 0 Å². The molecule has 1 aliphatic rings. The van der Waals surface area contributed by atoms with Crippen LogP contribution in [-0.4, -0.2) is 32.8 Å². The molecule has 27 heavy (non-hydrogen) atoms. The standard InChI is InChI=1S/C20H23N3O4/c24-18-12-11-17(22-23(18)13-14-7-3-1-4-8-14)19(25)21-16-10-6-2-5-9-15(16)20(26)27/h1,3-4,7-8,11-12,15-16H,2,5-6,9-10,13H2,(H,21,25)(H,26,27)/t15-,16+/m1/s1. The van der Waals surface area contributed by atoms with Crippen molar-refractivity contribution in [3.63, 3.8) is 0 Å². The van der Waals surface area contributed by atoms with Gasteiger partial charge in [-0.05, 0) is 24.5 Å². The van der Waals surface area contributed by atoms with Gasteiger partial charge in [0.25, 0.3) is 11.5 Å². The van der Waals surface area contributed by atoms with E-state index in [1.54, 1.807) is 0 Å². The Hall–Kier alpha value is -2.96. The van der Waals surface area contributed by atoms with Gasteiger partial charge in [0.2, 0.25) is 0 Å². The summed E-state index contributed by atoms with van der Waals surface area (Å²) in [4.78, 5) is 36.2. The second-order valence-electron chi connectivity index (χ2n) is 6.86. The predicted molar refractivity (Wildman–Crippen MR) is 99.5 cm³/mol. The van der Waals surface area contributed by atoms with Crippen molar-refractivity contribution >= 4 is 11.9 Å². The molecule has 0 saturated heterocycles. The average Bonchev–Trinajstić information content (AvgIpc) is 2.90. The van der Waals surface area contributed by atoms with Crippen molar-refractivity contribution in [3.8, 4) is 0 Å². The number of aromatic nitrogens is 2. The second-order valence-corrected chi connectivity index (χ2v) is 6.86. The Morgan fingerprint density at radius 2 is 1.81 bits per heavy atom. The number of hydrogen-bond acceptors (Lipinski definition) is 4. The van der Waals surface area contributed by atoms with E-state index >= 15 is 0 Å². The van der Waals surface area contributed by atoms with Gasteiger partial charge in [-0.1, -0.05) is 49.6 Å². The van der Waals surface area contributed by atoms with Crippen molar-refractivity contribution in [2.75, 3.05) is 0 Å². The molecule has 2 N–H and O–H groups in total. The average molecular weight is 369 g/mol. The van der Waals surface area contributed by atoms with E-state index in [9.17, 15) is 19.5 Å². The molecule has 0 aliphatic heterocycles. The number of amides is 1. The third-order valence-corrected chi connectivity index (χ3v) is 4.92. The van der Waals surface area contributed by atoms with E-state index in [0.717, 1.165) is 24.8 Å². The number of carboxylic acid groups (broad SMARTS) is 1. The summed E-state index contributed by atoms with van der Waals surface area (Å²) < 4.78 is 1.24. The topological polar surface area (TPSA) is 101 Å². The minimum absolute atomic E-state index is 0.110. The molecule has 0 unspecified atom stereocenters. The molecule has 1 aliphatic carbocycles. The molecule has 7 heteroatoms. The summed E-state index contributed by atoms with van der Waals surface area (Å²) in [5, 5.41) is 16.4. The molecule has 1 aromatic carbocycles. The molecule has 1 fully saturated rings. The van der Waals surface area contributed by atoms with Gasteiger partial charge >= 0.3 is 5.97 Å². The highest BCUT2D eigenvalue weighted by atomic mass is 16.4. The number of carbonyl (C=O) groups is 2. The Labute approximate surface area is 157 Å². The highest BCUT2D eigenvalue weighted by Crippen LogP contribution is 2.24. The number of carboxylic acids is 1. The molecule has 0 bridgehead atoms. The summed E-state index contributed by atoms with van der Waals surface area (Å²) >= 11 is 0. The first-order valence-corrected chi connectivity index (χ1v) is 9.20. The quantitative estimate of drug-likeness (QED) is 0.786. The first-order chi connectivity index (χ1) is 13.0. The number of hydrogen-bond donors (Lipinski definition) is 2. The van der Waals surface area contributed by atoms with Crippen LogP contribution in [0.1, 0.15) is 48.2 Å². The van der Waals surface area contributed by atoms with Crippen molar-refractivity contribution in [1.82, 2.24) is 15.1 Å². The Balaban J connectivity index is 1.77. The number of rotatable bonds is 5. The van der Waals surface area contributed by atoms with Gasteiger partial charge in [0.1, 0.15) is 5.69 Å². The number of nitrogens with zero attached hydrogens (tertiary/aromatic N) is 2. The fourth-order valence-corrected chi connectivity index (χ4v) is 3.46. The van der Waals surface area contributed by atoms with Crippen molar-refractivity contribution in [1.29, 1.82) is 0 Å². The van der Waals surface area contributed by atoms with E-state index in [-0.39, 0.29) is 17.8 Å². The van der Waals surface area contributed by atoms with Crippen LogP contribution in [0.4, 0.5) is 0 Å². The van der Waals surface area contributed by atoms with Gasteiger partial charge in [-0.2, -0.15) is 5.10 Å². The first kappa shape index (κ1) is 18.8. The minimum Gasteiger partial charge on any atom is -0.481 e. The van der Waals surface area contributed by atoms with Gasteiger partial charge < -0.3 is 10.4 Å². The molecular weight excluding hydrogens is 346 g/mol. The normalized spacial score (nSPS) is 19.9. The molecule has 0 spiro atoms. The summed E-state index contributed by atoms with van der Waals surface area (Å²) in [6, 6.07) is 11.7. The number of carbonyl (C=O) groups excluding carboxylic acids is 1. The van der Waals surface area contributed by atoms with Gasteiger partial charge in [0, 0.05) is 12.1 Å². The van der Waals surface area contributed by atoms with Crippen molar-refractivity contribution in [2.24, 2.45) is 5.92 Å². The maximum absolute atomic E-state index is 12.6. The lowest BCUT2D eigenvalue weighted by molar-refractivity contribution is -0.142. The fourth-order valence-electron chi connectivity index (χ4n) is 3.46. The van der Waals surface area contributed by atoms with E-state index in [0.29, 0.717) is 12.8 Å². The fraction of sp³-hybridized carbons (Fsp3) is 0.400. The Bertz CT molecular complexity index is 863. The van der Waals surface area contributed by atoms with Crippen LogP contribution in [-0.2, 0) is 11.3 Å².